The molecular weight excluding hydrogens is 994 g/mol. The first-order valence-corrected chi connectivity index (χ1v) is 25.9. The topological polar surface area (TPSA) is 291 Å². The minimum Gasteiger partial charge on any atom is -0.383 e. The van der Waals surface area contributed by atoms with E-state index in [2.05, 4.69) is 36.3 Å². The summed E-state index contributed by atoms with van der Waals surface area (Å²) in [5.74, 6) is -2.51. The van der Waals surface area contributed by atoms with Crippen LogP contribution in [0.15, 0.2) is 96.0 Å². The van der Waals surface area contributed by atoms with Crippen molar-refractivity contribution in [3.8, 4) is 22.3 Å². The van der Waals surface area contributed by atoms with Gasteiger partial charge in [-0.05, 0) is 78.6 Å². The first-order valence-electron chi connectivity index (χ1n) is 24.4. The summed E-state index contributed by atoms with van der Waals surface area (Å²) in [6.45, 7) is 4.65. The third-order valence-corrected chi connectivity index (χ3v) is 13.9. The second-order valence-corrected chi connectivity index (χ2v) is 19.3. The Morgan fingerprint density at radius 1 is 0.773 bits per heavy atom. The summed E-state index contributed by atoms with van der Waals surface area (Å²) in [6, 6.07) is 20.8. The molecule has 1 fully saturated rings. The number of piperidine rings is 1. The fraction of sp³-hybridized carbons (Fsp3) is 0.346. The number of nitrogens with zero attached hydrogens (tertiary/aromatic N) is 2. The van der Waals surface area contributed by atoms with Gasteiger partial charge in [-0.25, -0.2) is 17.8 Å². The lowest BCUT2D eigenvalue weighted by Gasteiger charge is -2.32. The molecule has 8 rings (SSSR count). The molecule has 21 nitrogen and oxygen atoms in total. The Bertz CT molecular complexity index is 3040. The molecule has 5 aromatic rings. The number of aliphatic hydroxyl groups is 1. The average molecular weight is 1050 g/mol. The predicted octanol–water partition coefficient (Wildman–Crippen LogP) is 3.57. The Morgan fingerprint density at radius 2 is 1.48 bits per heavy atom. The molecule has 9 N–H and O–H groups in total. The van der Waals surface area contributed by atoms with Crippen LogP contribution in [0.25, 0.3) is 22.3 Å². The molecule has 4 aromatic carbocycles. The molecule has 2 unspecified atom stereocenters. The molecule has 3 aliphatic heterocycles. The molecule has 5 amide bonds. The fourth-order valence-corrected chi connectivity index (χ4v) is 9.83. The SMILES string of the molecule is Nc1ncc(-c2ccc(S(=O)(=O)Nc3cccc(NC(=O)CCNCCOCCOCCOCCOCCNc4cccc5c4C(O)N(C4CCC(=O)NC4=O)C5=O)c3)cc2F)cc1-c1ccc2c(c1)CCNC2=O. The van der Waals surface area contributed by atoms with Crippen LogP contribution in [0, 0.1) is 5.82 Å². The van der Waals surface area contributed by atoms with Gasteiger partial charge in [0.25, 0.3) is 21.8 Å². The van der Waals surface area contributed by atoms with Crippen LogP contribution in [-0.2, 0) is 49.8 Å². The number of pyridine rings is 1. The van der Waals surface area contributed by atoms with Gasteiger partial charge < -0.3 is 51.1 Å². The van der Waals surface area contributed by atoms with Crippen molar-refractivity contribution in [1.82, 2.24) is 25.8 Å². The van der Waals surface area contributed by atoms with E-state index in [0.717, 1.165) is 16.5 Å². The second-order valence-electron chi connectivity index (χ2n) is 17.6. The number of nitrogens with one attached hydrogen (secondary N) is 6. The van der Waals surface area contributed by atoms with E-state index in [1.165, 1.54) is 30.5 Å². The molecule has 0 saturated carbocycles. The molecular formula is C52H58FN9O12S. The molecule has 1 aromatic heterocycles. The smallest absolute Gasteiger partial charge is 0.261 e. The third-order valence-electron chi connectivity index (χ3n) is 12.5. The van der Waals surface area contributed by atoms with Crippen molar-refractivity contribution < 1.29 is 60.8 Å². The van der Waals surface area contributed by atoms with Crippen LogP contribution in [-0.4, -0.2) is 138 Å². The zero-order valence-corrected chi connectivity index (χ0v) is 41.6. The molecule has 1 saturated heterocycles. The number of halogens is 1. The van der Waals surface area contributed by atoms with Crippen molar-refractivity contribution in [2.45, 2.75) is 42.8 Å². The lowest BCUT2D eigenvalue weighted by Crippen LogP contribution is -2.53. The maximum Gasteiger partial charge on any atom is 0.261 e. The molecule has 23 heteroatoms. The number of carbonyl (C=O) groups excluding carboxylic acids is 5. The Balaban J connectivity index is 0.652. The number of fused-ring (bicyclic) bond motifs is 2. The number of nitrogen functional groups attached to an aromatic ring is 1. The number of nitrogens with two attached hydrogens (primary N) is 1. The summed E-state index contributed by atoms with van der Waals surface area (Å²) in [6.07, 6.45) is 1.09. The summed E-state index contributed by atoms with van der Waals surface area (Å²) in [5, 5.41) is 25.1. The van der Waals surface area contributed by atoms with Crippen molar-refractivity contribution in [3.63, 3.8) is 0 Å². The number of imide groups is 1. The number of ether oxygens (including phenoxy) is 4. The fourth-order valence-electron chi connectivity index (χ4n) is 8.77. The highest BCUT2D eigenvalue weighted by atomic mass is 32.2. The molecule has 0 aliphatic carbocycles. The van der Waals surface area contributed by atoms with E-state index in [0.29, 0.717) is 130 Å². The molecule has 0 bridgehead atoms. The molecule has 396 valence electrons. The van der Waals surface area contributed by atoms with Gasteiger partial charge in [0.15, 0.2) is 6.23 Å². The van der Waals surface area contributed by atoms with Crippen molar-refractivity contribution in [3.05, 3.63) is 119 Å². The molecule has 4 heterocycles. The van der Waals surface area contributed by atoms with Gasteiger partial charge in [-0.1, -0.05) is 30.3 Å². The first-order chi connectivity index (χ1) is 36.3. The van der Waals surface area contributed by atoms with Crippen molar-refractivity contribution >= 4 is 62.4 Å². The number of anilines is 4. The highest BCUT2D eigenvalue weighted by Crippen LogP contribution is 2.40. The van der Waals surface area contributed by atoms with Gasteiger partial charge in [0.2, 0.25) is 17.7 Å². The van der Waals surface area contributed by atoms with Gasteiger partial charge in [-0.2, -0.15) is 0 Å². The minimum atomic E-state index is -4.24. The van der Waals surface area contributed by atoms with E-state index in [4.69, 9.17) is 24.7 Å². The summed E-state index contributed by atoms with van der Waals surface area (Å²) < 4.78 is 67.1. The van der Waals surface area contributed by atoms with Gasteiger partial charge >= 0.3 is 0 Å². The van der Waals surface area contributed by atoms with Crippen LogP contribution in [0.5, 0.6) is 0 Å². The highest BCUT2D eigenvalue weighted by Gasteiger charge is 2.45. The summed E-state index contributed by atoms with van der Waals surface area (Å²) in [5.41, 5.74) is 11.1. The van der Waals surface area contributed by atoms with Crippen LogP contribution in [0.2, 0.25) is 0 Å². The number of sulfonamides is 1. The third kappa shape index (κ3) is 13.7. The minimum absolute atomic E-state index is 0.0835. The number of amides is 5. The number of benzene rings is 4. The normalized spacial score (nSPS) is 16.3. The van der Waals surface area contributed by atoms with Crippen molar-refractivity contribution in [2.75, 3.05) is 100 Å². The largest absolute Gasteiger partial charge is 0.383 e. The molecule has 2 atom stereocenters. The van der Waals surface area contributed by atoms with E-state index in [1.54, 1.807) is 48.5 Å². The Kier molecular flexibility index (Phi) is 18.1. The van der Waals surface area contributed by atoms with Crippen LogP contribution in [0.4, 0.5) is 27.3 Å². The average Bonchev–Trinajstić information content (AvgIpc) is 3.64. The molecule has 75 heavy (non-hydrogen) atoms. The summed E-state index contributed by atoms with van der Waals surface area (Å²) in [7, 11) is -4.24. The maximum atomic E-state index is 15.6. The number of carbonyl (C=O) groups is 5. The summed E-state index contributed by atoms with van der Waals surface area (Å²) >= 11 is 0. The zero-order valence-electron chi connectivity index (χ0n) is 40.8. The molecule has 0 spiro atoms. The Labute approximate surface area is 432 Å². The van der Waals surface area contributed by atoms with Gasteiger partial charge in [0.1, 0.15) is 17.7 Å². The predicted molar refractivity (Wildman–Crippen MR) is 274 cm³/mol. The van der Waals surface area contributed by atoms with Crippen LogP contribution < -0.4 is 37.0 Å². The Morgan fingerprint density at radius 3 is 2.23 bits per heavy atom. The molecule has 0 radical (unpaired) electrons. The summed E-state index contributed by atoms with van der Waals surface area (Å²) in [4.78, 5) is 67.0. The van der Waals surface area contributed by atoms with Gasteiger partial charge in [0.05, 0.1) is 63.4 Å². The Hall–Kier alpha value is -7.38. The van der Waals surface area contributed by atoms with Crippen LogP contribution >= 0.6 is 0 Å². The number of aromatic nitrogens is 1. The van der Waals surface area contributed by atoms with Gasteiger partial charge in [-0.15, -0.1) is 0 Å². The molecule has 3 aliphatic rings. The highest BCUT2D eigenvalue weighted by molar-refractivity contribution is 7.92. The van der Waals surface area contributed by atoms with E-state index >= 15 is 4.39 Å². The van der Waals surface area contributed by atoms with E-state index < -0.39 is 45.8 Å². The monoisotopic (exact) mass is 1050 g/mol. The zero-order chi connectivity index (χ0) is 52.9. The maximum absolute atomic E-state index is 15.6. The lowest BCUT2D eigenvalue weighted by molar-refractivity contribution is -0.139. The van der Waals surface area contributed by atoms with Crippen LogP contribution in [0.1, 0.15) is 57.3 Å². The lowest BCUT2D eigenvalue weighted by atomic mass is 9.94. The van der Waals surface area contributed by atoms with Crippen molar-refractivity contribution in [2.24, 2.45) is 0 Å². The number of hydrogen-bond acceptors (Lipinski definition) is 16. The van der Waals surface area contributed by atoms with E-state index in [-0.39, 0.29) is 53.0 Å². The number of hydrogen-bond donors (Lipinski definition) is 8. The van der Waals surface area contributed by atoms with Gasteiger partial charge in [-0.3, -0.25) is 38.9 Å². The second kappa shape index (κ2) is 25.2. The standard InChI is InChI=1S/C52H58FN9O12S/c53-42-30-37(8-10-38(42)34-28-41(48(54)58-31-34)32-7-9-39-33(27-32)13-16-57-49(39)65)75(69,70)61-36-4-1-3-35(29-36)59-46(64)14-15-55-17-19-71-21-23-73-25-26-74-24-22-72-20-18-56-43-6-2-5-40-47(43)52(68)62(51(40)67)44-11-12-45(63)60-50(44)66/h1-10,27-31,44,52,55-56,61,68H,11-26H2,(H2,54,58)(H,57,65)(H,59,64)(H,60,63,66). The van der Waals surface area contributed by atoms with Crippen molar-refractivity contribution in [1.29, 1.82) is 0 Å². The van der Waals surface area contributed by atoms with E-state index in [1.807, 2.05) is 6.07 Å². The van der Waals surface area contributed by atoms with Gasteiger partial charge in [0, 0.05) is 90.0 Å². The number of rotatable bonds is 26. The van der Waals surface area contributed by atoms with Crippen LogP contribution in [0.3, 0.4) is 0 Å². The quantitative estimate of drug-likeness (QED) is 0.0290. The number of aliphatic hydroxyl groups excluding tert-OH is 1. The van der Waals surface area contributed by atoms with E-state index in [9.17, 15) is 37.5 Å². The first kappa shape index (κ1) is 53.9.